The molecular formula is C22H22ClFN4O. The van der Waals surface area contributed by atoms with Gasteiger partial charge in [0.05, 0.1) is 5.56 Å². The van der Waals surface area contributed by atoms with Crippen molar-refractivity contribution in [1.82, 2.24) is 9.97 Å². The zero-order valence-corrected chi connectivity index (χ0v) is 16.7. The van der Waals surface area contributed by atoms with Crippen LogP contribution in [0.5, 0.6) is 0 Å². The number of rotatable bonds is 8. The largest absolute Gasteiger partial charge is 0.343 e. The molecule has 0 atom stereocenters. The lowest BCUT2D eigenvalue weighted by molar-refractivity contribution is -0.107. The molecule has 1 aromatic heterocycles. The molecule has 3 rings (SSSR count). The number of aromatic nitrogens is 2. The van der Waals surface area contributed by atoms with Gasteiger partial charge in [0.1, 0.15) is 17.9 Å². The molecule has 1 aliphatic rings. The molecule has 0 spiro atoms. The zero-order valence-electron chi connectivity index (χ0n) is 15.9. The van der Waals surface area contributed by atoms with Crippen molar-refractivity contribution in [1.29, 1.82) is 0 Å². The van der Waals surface area contributed by atoms with Gasteiger partial charge in [0.25, 0.3) is 0 Å². The fourth-order valence-corrected chi connectivity index (χ4v) is 3.59. The molecule has 1 N–H and O–H groups in total. The van der Waals surface area contributed by atoms with Gasteiger partial charge >= 0.3 is 0 Å². The van der Waals surface area contributed by atoms with E-state index in [4.69, 9.17) is 11.6 Å². The molecule has 0 saturated heterocycles. The van der Waals surface area contributed by atoms with Gasteiger partial charge in [-0.25, -0.2) is 14.4 Å². The first-order chi connectivity index (χ1) is 14.1. The summed E-state index contributed by atoms with van der Waals surface area (Å²) >= 11 is 6.03. The Hall–Kier alpha value is -2.86. The Balaban J connectivity index is 2.04. The number of aldehydes is 1. The van der Waals surface area contributed by atoms with Crippen molar-refractivity contribution in [2.75, 3.05) is 5.32 Å². The maximum Gasteiger partial charge on any atom is 0.164 e. The first-order valence-electron chi connectivity index (χ1n) is 9.48. The summed E-state index contributed by atoms with van der Waals surface area (Å²) in [6.45, 7) is 3.53. The summed E-state index contributed by atoms with van der Waals surface area (Å²) in [5.41, 5.74) is 1.82. The second kappa shape index (κ2) is 10.1. The number of hydrogen-bond donors (Lipinski definition) is 1. The van der Waals surface area contributed by atoms with Crippen LogP contribution >= 0.6 is 11.6 Å². The molecule has 0 radical (unpaired) electrons. The lowest BCUT2D eigenvalue weighted by atomic mass is 9.99. The average Bonchev–Trinajstić information content (AvgIpc) is 3.25. The Morgan fingerprint density at radius 2 is 2.17 bits per heavy atom. The van der Waals surface area contributed by atoms with Crippen LogP contribution in [-0.2, 0) is 4.79 Å². The fraction of sp³-hybridized carbons (Fsp3) is 0.273. The molecule has 0 unspecified atom stereocenters. The smallest absolute Gasteiger partial charge is 0.164 e. The highest BCUT2D eigenvalue weighted by molar-refractivity contribution is 6.30. The predicted octanol–water partition coefficient (Wildman–Crippen LogP) is 5.69. The number of anilines is 1. The summed E-state index contributed by atoms with van der Waals surface area (Å²) in [6.07, 6.45) is 11.8. The Bertz CT molecular complexity index is 952. The fourth-order valence-electron chi connectivity index (χ4n) is 3.42. The Morgan fingerprint density at radius 3 is 2.90 bits per heavy atom. The number of nitrogens with zero attached hydrogens (tertiary/aromatic N) is 3. The molecule has 2 aromatic rings. The van der Waals surface area contributed by atoms with E-state index < -0.39 is 5.82 Å². The first-order valence-corrected chi connectivity index (χ1v) is 9.86. The van der Waals surface area contributed by atoms with Crippen LogP contribution in [0.3, 0.4) is 0 Å². The van der Waals surface area contributed by atoms with Crippen LogP contribution in [0.25, 0.3) is 11.4 Å². The average molecular weight is 413 g/mol. The van der Waals surface area contributed by atoms with Gasteiger partial charge in [-0.05, 0) is 43.0 Å². The van der Waals surface area contributed by atoms with E-state index in [1.165, 1.54) is 24.4 Å². The third kappa shape index (κ3) is 5.35. The normalized spacial score (nSPS) is 15.0. The molecule has 1 aromatic carbocycles. The van der Waals surface area contributed by atoms with Gasteiger partial charge in [0.15, 0.2) is 5.82 Å². The van der Waals surface area contributed by atoms with Crippen molar-refractivity contribution in [3.05, 3.63) is 65.4 Å². The monoisotopic (exact) mass is 412 g/mol. The van der Waals surface area contributed by atoms with Gasteiger partial charge in [-0.2, -0.15) is 0 Å². The molecule has 150 valence electrons. The summed E-state index contributed by atoms with van der Waals surface area (Å²) < 4.78 is 14.3. The molecule has 1 aliphatic carbocycles. The number of carbonyl (C=O) groups is 1. The minimum atomic E-state index is -0.448. The van der Waals surface area contributed by atoms with Crippen LogP contribution in [0.4, 0.5) is 10.2 Å². The van der Waals surface area contributed by atoms with Gasteiger partial charge in [-0.1, -0.05) is 31.0 Å². The summed E-state index contributed by atoms with van der Waals surface area (Å²) in [7, 11) is 0. The number of hydrogen-bond acceptors (Lipinski definition) is 5. The Morgan fingerprint density at radius 1 is 1.38 bits per heavy atom. The number of carbonyl (C=O) groups excluding carboxylic acids is 1. The molecule has 1 heterocycles. The minimum absolute atomic E-state index is 0.165. The molecule has 0 amide bonds. The second-order valence-corrected chi connectivity index (χ2v) is 7.21. The quantitative estimate of drug-likeness (QED) is 0.446. The minimum Gasteiger partial charge on any atom is -0.343 e. The molecule has 5 nitrogen and oxygen atoms in total. The summed E-state index contributed by atoms with van der Waals surface area (Å²) in [4.78, 5) is 24.0. The van der Waals surface area contributed by atoms with Crippen molar-refractivity contribution in [2.45, 2.75) is 38.0 Å². The molecule has 1 fully saturated rings. The highest BCUT2D eigenvalue weighted by Gasteiger charge is 2.23. The molecular weight excluding hydrogens is 391 g/mol. The molecule has 1 saturated carbocycles. The van der Waals surface area contributed by atoms with Crippen molar-refractivity contribution in [3.8, 4) is 11.4 Å². The van der Waals surface area contributed by atoms with E-state index in [-0.39, 0.29) is 17.8 Å². The number of benzene rings is 1. The topological polar surface area (TPSA) is 67.2 Å². The van der Waals surface area contributed by atoms with Crippen LogP contribution in [0.2, 0.25) is 5.02 Å². The first kappa shape index (κ1) is 20.9. The van der Waals surface area contributed by atoms with E-state index in [2.05, 4.69) is 26.9 Å². The van der Waals surface area contributed by atoms with E-state index in [1.54, 1.807) is 18.5 Å². The van der Waals surface area contributed by atoms with E-state index >= 15 is 0 Å². The third-order valence-corrected chi connectivity index (χ3v) is 5.07. The SMILES string of the molecule is C=CN=C/C=C(\CC=O)Nc1nc(-c2cc(Cl)ccc2F)ncc1C1CCCC1. The second-order valence-electron chi connectivity index (χ2n) is 6.77. The van der Waals surface area contributed by atoms with Gasteiger partial charge in [0.2, 0.25) is 0 Å². The zero-order chi connectivity index (χ0) is 20.6. The maximum atomic E-state index is 14.3. The molecule has 0 aliphatic heterocycles. The summed E-state index contributed by atoms with van der Waals surface area (Å²) in [5.74, 6) is 0.687. The van der Waals surface area contributed by atoms with Crippen LogP contribution in [-0.4, -0.2) is 22.5 Å². The van der Waals surface area contributed by atoms with E-state index in [9.17, 15) is 9.18 Å². The molecule has 7 heteroatoms. The maximum absolute atomic E-state index is 14.3. The number of nitrogens with one attached hydrogen (secondary N) is 1. The van der Waals surface area contributed by atoms with Gasteiger partial charge in [-0.15, -0.1) is 0 Å². The lowest BCUT2D eigenvalue weighted by Gasteiger charge is -2.17. The van der Waals surface area contributed by atoms with Gasteiger partial charge in [-0.3, -0.25) is 4.99 Å². The van der Waals surface area contributed by atoms with E-state index in [1.807, 2.05) is 0 Å². The standard InChI is InChI=1S/C22H22ClFN4O/c1-2-25-11-9-17(10-12-29)27-22-19(15-5-3-4-6-15)14-26-21(28-22)18-13-16(23)7-8-20(18)24/h2,7-9,11-15H,1,3-6,10H2,(H,26,27,28)/b17-9+,25-11?. The van der Waals surface area contributed by atoms with Crippen molar-refractivity contribution < 1.29 is 9.18 Å². The Labute approximate surface area is 174 Å². The Kier molecular flexibility index (Phi) is 7.25. The lowest BCUT2D eigenvalue weighted by Crippen LogP contribution is -2.09. The van der Waals surface area contributed by atoms with Crippen LogP contribution in [0.1, 0.15) is 43.6 Å². The third-order valence-electron chi connectivity index (χ3n) is 4.83. The van der Waals surface area contributed by atoms with Gasteiger partial charge < -0.3 is 10.1 Å². The molecule has 0 bridgehead atoms. The number of allylic oxidation sites excluding steroid dienone is 2. The number of aliphatic imine (C=N–C) groups is 1. The van der Waals surface area contributed by atoms with Crippen molar-refractivity contribution in [2.24, 2.45) is 4.99 Å². The van der Waals surface area contributed by atoms with Crippen LogP contribution in [0, 0.1) is 5.82 Å². The van der Waals surface area contributed by atoms with Gasteiger partial charge in [0, 0.05) is 41.3 Å². The van der Waals surface area contributed by atoms with E-state index in [0.717, 1.165) is 37.5 Å². The van der Waals surface area contributed by atoms with Crippen molar-refractivity contribution in [3.63, 3.8) is 0 Å². The predicted molar refractivity (Wildman–Crippen MR) is 115 cm³/mol. The highest BCUT2D eigenvalue weighted by Crippen LogP contribution is 2.38. The number of halogens is 2. The van der Waals surface area contributed by atoms with Crippen LogP contribution in [0.15, 0.2) is 53.9 Å². The molecule has 29 heavy (non-hydrogen) atoms. The van der Waals surface area contributed by atoms with Crippen LogP contribution < -0.4 is 5.32 Å². The summed E-state index contributed by atoms with van der Waals surface area (Å²) in [5, 5.41) is 3.63. The van der Waals surface area contributed by atoms with Crippen molar-refractivity contribution >= 4 is 29.9 Å². The highest BCUT2D eigenvalue weighted by atomic mass is 35.5. The van der Waals surface area contributed by atoms with E-state index in [0.29, 0.717) is 22.5 Å². The summed E-state index contributed by atoms with van der Waals surface area (Å²) in [6, 6.07) is 4.28.